The number of rotatable bonds is 2. The molecule has 0 saturated heterocycles. The van der Waals surface area contributed by atoms with Crippen LogP contribution in [0.3, 0.4) is 0 Å². The maximum Gasteiger partial charge on any atom is 0.127 e. The second-order valence-electron chi connectivity index (χ2n) is 2.63. The SMILES string of the molecule is CC(C=O)c1cc(S)ccc1F. The van der Waals surface area contributed by atoms with Crippen molar-refractivity contribution in [2.75, 3.05) is 0 Å². The van der Waals surface area contributed by atoms with E-state index in [0.29, 0.717) is 16.7 Å². The summed E-state index contributed by atoms with van der Waals surface area (Å²) < 4.78 is 13.0. The van der Waals surface area contributed by atoms with Gasteiger partial charge >= 0.3 is 0 Å². The molecule has 0 bridgehead atoms. The molecule has 64 valence electrons. The van der Waals surface area contributed by atoms with Crippen LogP contribution in [0.5, 0.6) is 0 Å². The molecule has 3 heteroatoms. The lowest BCUT2D eigenvalue weighted by Gasteiger charge is -2.05. The van der Waals surface area contributed by atoms with E-state index >= 15 is 0 Å². The van der Waals surface area contributed by atoms with Gasteiger partial charge in [-0.2, -0.15) is 0 Å². The molecule has 1 rings (SSSR count). The monoisotopic (exact) mass is 184 g/mol. The van der Waals surface area contributed by atoms with Crippen LogP contribution >= 0.6 is 12.6 Å². The Labute approximate surface area is 76.0 Å². The van der Waals surface area contributed by atoms with Crippen LogP contribution in [0.15, 0.2) is 23.1 Å². The van der Waals surface area contributed by atoms with Gasteiger partial charge in [0, 0.05) is 10.8 Å². The Balaban J connectivity index is 3.12. The number of aldehydes is 1. The van der Waals surface area contributed by atoms with Crippen molar-refractivity contribution in [3.05, 3.63) is 29.6 Å². The van der Waals surface area contributed by atoms with Crippen molar-refractivity contribution in [3.8, 4) is 0 Å². The van der Waals surface area contributed by atoms with Gasteiger partial charge in [0.1, 0.15) is 12.1 Å². The van der Waals surface area contributed by atoms with Crippen molar-refractivity contribution >= 4 is 18.9 Å². The molecule has 12 heavy (non-hydrogen) atoms. The van der Waals surface area contributed by atoms with E-state index in [1.807, 2.05) is 0 Å². The van der Waals surface area contributed by atoms with Gasteiger partial charge in [0.25, 0.3) is 0 Å². The lowest BCUT2D eigenvalue weighted by molar-refractivity contribution is -0.108. The lowest BCUT2D eigenvalue weighted by Crippen LogP contribution is -1.97. The van der Waals surface area contributed by atoms with E-state index in [1.54, 1.807) is 19.1 Å². The summed E-state index contributed by atoms with van der Waals surface area (Å²) in [5.74, 6) is -0.760. The molecule has 1 aromatic rings. The van der Waals surface area contributed by atoms with E-state index in [9.17, 15) is 9.18 Å². The highest BCUT2D eigenvalue weighted by atomic mass is 32.1. The zero-order chi connectivity index (χ0) is 9.14. The predicted octanol–water partition coefficient (Wildman–Crippen LogP) is 2.42. The van der Waals surface area contributed by atoms with Crippen molar-refractivity contribution in [2.24, 2.45) is 0 Å². The third-order valence-corrected chi connectivity index (χ3v) is 1.95. The summed E-state index contributed by atoms with van der Waals surface area (Å²) >= 11 is 4.05. The molecule has 1 nitrogen and oxygen atoms in total. The smallest absolute Gasteiger partial charge is 0.127 e. The molecular formula is C9H9FOS. The molecule has 1 atom stereocenters. The van der Waals surface area contributed by atoms with Crippen LogP contribution in [0.4, 0.5) is 4.39 Å². The second-order valence-corrected chi connectivity index (χ2v) is 3.15. The van der Waals surface area contributed by atoms with Gasteiger partial charge in [0.15, 0.2) is 0 Å². The zero-order valence-electron chi connectivity index (χ0n) is 6.62. The predicted molar refractivity (Wildman–Crippen MR) is 48.1 cm³/mol. The van der Waals surface area contributed by atoms with Crippen molar-refractivity contribution < 1.29 is 9.18 Å². The van der Waals surface area contributed by atoms with Gasteiger partial charge < -0.3 is 4.79 Å². The standard InChI is InChI=1S/C9H9FOS/c1-6(5-11)8-4-7(12)2-3-9(8)10/h2-6,12H,1H3. The first-order valence-corrected chi connectivity index (χ1v) is 4.03. The van der Waals surface area contributed by atoms with Gasteiger partial charge in [-0.05, 0) is 23.8 Å². The first-order chi connectivity index (χ1) is 5.65. The van der Waals surface area contributed by atoms with E-state index in [-0.39, 0.29) is 5.82 Å². The fourth-order valence-electron chi connectivity index (χ4n) is 0.953. The van der Waals surface area contributed by atoms with Gasteiger partial charge in [-0.1, -0.05) is 6.92 Å². The van der Waals surface area contributed by atoms with Gasteiger partial charge in [-0.15, -0.1) is 12.6 Å². The summed E-state index contributed by atoms with van der Waals surface area (Å²) in [4.78, 5) is 11.0. The molecule has 0 spiro atoms. The summed E-state index contributed by atoms with van der Waals surface area (Å²) in [5.41, 5.74) is 0.400. The molecule has 0 fully saturated rings. The Morgan fingerprint density at radius 2 is 2.25 bits per heavy atom. The highest BCUT2D eigenvalue weighted by Crippen LogP contribution is 2.20. The minimum absolute atomic E-state index is 0.354. The highest BCUT2D eigenvalue weighted by Gasteiger charge is 2.09. The Kier molecular flexibility index (Phi) is 2.87. The largest absolute Gasteiger partial charge is 0.303 e. The third kappa shape index (κ3) is 1.85. The minimum Gasteiger partial charge on any atom is -0.303 e. The number of carbonyl (C=O) groups is 1. The molecule has 1 unspecified atom stereocenters. The maximum atomic E-state index is 13.0. The van der Waals surface area contributed by atoms with E-state index in [1.165, 1.54) is 6.07 Å². The summed E-state index contributed by atoms with van der Waals surface area (Å²) in [7, 11) is 0. The third-order valence-electron chi connectivity index (χ3n) is 1.67. The van der Waals surface area contributed by atoms with Crippen LogP contribution in [-0.2, 0) is 4.79 Å². The Bertz CT molecular complexity index is 299. The molecule has 0 saturated carbocycles. The van der Waals surface area contributed by atoms with Crippen molar-refractivity contribution in [2.45, 2.75) is 17.7 Å². The molecule has 0 aromatic heterocycles. The summed E-state index contributed by atoms with van der Waals surface area (Å²) in [6.45, 7) is 1.65. The van der Waals surface area contributed by atoms with Gasteiger partial charge in [0.2, 0.25) is 0 Å². The van der Waals surface area contributed by atoms with Crippen molar-refractivity contribution in [3.63, 3.8) is 0 Å². The molecule has 0 heterocycles. The molecule has 0 N–H and O–H groups in total. The summed E-state index contributed by atoms with van der Waals surface area (Å²) in [6.07, 6.45) is 0.714. The zero-order valence-corrected chi connectivity index (χ0v) is 7.51. The molecule has 0 aliphatic rings. The molecule has 0 aliphatic heterocycles. The normalized spacial score (nSPS) is 12.6. The molecule has 0 aliphatic carbocycles. The number of hydrogen-bond acceptors (Lipinski definition) is 2. The Morgan fingerprint density at radius 1 is 1.58 bits per heavy atom. The van der Waals surface area contributed by atoms with Gasteiger partial charge in [0.05, 0.1) is 0 Å². The first-order valence-electron chi connectivity index (χ1n) is 3.59. The molecule has 1 aromatic carbocycles. The summed E-state index contributed by atoms with van der Waals surface area (Å²) in [5, 5.41) is 0. The fourth-order valence-corrected chi connectivity index (χ4v) is 1.17. The van der Waals surface area contributed by atoms with E-state index < -0.39 is 5.92 Å². The van der Waals surface area contributed by atoms with Crippen molar-refractivity contribution in [1.29, 1.82) is 0 Å². The molecular weight excluding hydrogens is 175 g/mol. The quantitative estimate of drug-likeness (QED) is 0.551. The number of halogens is 1. The first kappa shape index (κ1) is 9.26. The fraction of sp³-hybridized carbons (Fsp3) is 0.222. The van der Waals surface area contributed by atoms with Crippen LogP contribution in [-0.4, -0.2) is 6.29 Å². The van der Waals surface area contributed by atoms with Gasteiger partial charge in [-0.25, -0.2) is 4.39 Å². The summed E-state index contributed by atoms with van der Waals surface area (Å²) in [6, 6.07) is 4.44. The molecule has 0 radical (unpaired) electrons. The molecule has 0 amide bonds. The van der Waals surface area contributed by atoms with Crippen LogP contribution in [0.25, 0.3) is 0 Å². The number of hydrogen-bond donors (Lipinski definition) is 1. The van der Waals surface area contributed by atoms with E-state index in [0.717, 1.165) is 0 Å². The van der Waals surface area contributed by atoms with Gasteiger partial charge in [-0.3, -0.25) is 0 Å². The number of benzene rings is 1. The Hall–Kier alpha value is -0.830. The van der Waals surface area contributed by atoms with E-state index in [4.69, 9.17) is 0 Å². The topological polar surface area (TPSA) is 17.1 Å². The van der Waals surface area contributed by atoms with Crippen LogP contribution in [0.1, 0.15) is 18.4 Å². The van der Waals surface area contributed by atoms with Crippen molar-refractivity contribution in [1.82, 2.24) is 0 Å². The highest BCUT2D eigenvalue weighted by molar-refractivity contribution is 7.80. The lowest BCUT2D eigenvalue weighted by atomic mass is 10.0. The van der Waals surface area contributed by atoms with Crippen LogP contribution in [0.2, 0.25) is 0 Å². The minimum atomic E-state index is -0.405. The number of carbonyl (C=O) groups excluding carboxylic acids is 1. The van der Waals surface area contributed by atoms with Crippen LogP contribution < -0.4 is 0 Å². The van der Waals surface area contributed by atoms with E-state index in [2.05, 4.69) is 12.6 Å². The average Bonchev–Trinajstić information content (AvgIpc) is 2.08. The average molecular weight is 184 g/mol. The number of thiol groups is 1. The maximum absolute atomic E-state index is 13.0. The van der Waals surface area contributed by atoms with Crippen LogP contribution in [0, 0.1) is 5.82 Å². The second kappa shape index (κ2) is 3.72. The Morgan fingerprint density at radius 3 is 2.83 bits per heavy atom.